The summed E-state index contributed by atoms with van der Waals surface area (Å²) in [6, 6.07) is 8.17. The molecule has 5 nitrogen and oxygen atoms in total. The van der Waals surface area contributed by atoms with Crippen molar-refractivity contribution < 1.29 is 9.21 Å². The predicted molar refractivity (Wildman–Crippen MR) is 106 cm³/mol. The van der Waals surface area contributed by atoms with E-state index in [0.717, 1.165) is 52.0 Å². The molecule has 0 N–H and O–H groups in total. The first-order valence-corrected chi connectivity index (χ1v) is 10.3. The maximum absolute atomic E-state index is 12.9. The van der Waals surface area contributed by atoms with E-state index < -0.39 is 0 Å². The number of rotatable bonds is 8. The van der Waals surface area contributed by atoms with Gasteiger partial charge in [-0.05, 0) is 56.9 Å². The van der Waals surface area contributed by atoms with Gasteiger partial charge in [0.05, 0.1) is 6.26 Å². The molecule has 2 aromatic heterocycles. The molecule has 0 atom stereocenters. The average molecular weight is 376 g/mol. The summed E-state index contributed by atoms with van der Waals surface area (Å²) in [5, 5.41) is 2.14. The van der Waals surface area contributed by atoms with Crippen molar-refractivity contribution in [1.82, 2.24) is 14.7 Å². The van der Waals surface area contributed by atoms with Gasteiger partial charge in [-0.2, -0.15) is 0 Å². The van der Waals surface area contributed by atoms with Gasteiger partial charge in [-0.3, -0.25) is 4.79 Å². The predicted octanol–water partition coefficient (Wildman–Crippen LogP) is 3.05. The van der Waals surface area contributed by atoms with E-state index in [4.69, 9.17) is 4.42 Å². The van der Waals surface area contributed by atoms with Crippen molar-refractivity contribution >= 4 is 17.2 Å². The zero-order chi connectivity index (χ0) is 18.4. The van der Waals surface area contributed by atoms with Crippen LogP contribution in [-0.2, 0) is 6.42 Å². The second-order valence-electron chi connectivity index (χ2n) is 7.18. The van der Waals surface area contributed by atoms with Crippen molar-refractivity contribution in [3.8, 4) is 0 Å². The second kappa shape index (κ2) is 9.35. The second-order valence-corrected chi connectivity index (χ2v) is 8.21. The Hall–Kier alpha value is -1.63. The van der Waals surface area contributed by atoms with Crippen molar-refractivity contribution in [3.05, 3.63) is 46.5 Å². The fourth-order valence-electron chi connectivity index (χ4n) is 3.48. The molecule has 2 aromatic rings. The fraction of sp³-hybridized carbons (Fsp3) is 0.550. The number of hydrogen-bond donors (Lipinski definition) is 0. The van der Waals surface area contributed by atoms with Gasteiger partial charge in [-0.15, -0.1) is 11.3 Å². The normalized spacial score (nSPS) is 16.3. The van der Waals surface area contributed by atoms with Crippen LogP contribution in [0.4, 0.5) is 0 Å². The molecule has 26 heavy (non-hydrogen) atoms. The fourth-order valence-corrected chi connectivity index (χ4v) is 4.18. The zero-order valence-corrected chi connectivity index (χ0v) is 16.6. The molecule has 0 saturated carbocycles. The van der Waals surface area contributed by atoms with Gasteiger partial charge >= 0.3 is 0 Å². The third-order valence-corrected chi connectivity index (χ3v) is 5.97. The molecule has 142 valence electrons. The summed E-state index contributed by atoms with van der Waals surface area (Å²) in [4.78, 5) is 21.0. The Bertz CT molecular complexity index is 647. The van der Waals surface area contributed by atoms with Crippen LogP contribution in [0.5, 0.6) is 0 Å². The maximum Gasteiger partial charge on any atom is 0.289 e. The van der Waals surface area contributed by atoms with Crippen molar-refractivity contribution in [2.45, 2.75) is 25.3 Å². The molecule has 1 aliphatic rings. The summed E-state index contributed by atoms with van der Waals surface area (Å²) in [6.07, 6.45) is 4.76. The highest BCUT2D eigenvalue weighted by molar-refractivity contribution is 7.09. The Morgan fingerprint density at radius 1 is 1.23 bits per heavy atom. The molecule has 0 aromatic carbocycles. The highest BCUT2D eigenvalue weighted by Crippen LogP contribution is 2.20. The molecular formula is C20H29N3O2S. The lowest BCUT2D eigenvalue weighted by Gasteiger charge is -2.38. The molecule has 3 heterocycles. The number of hydrogen-bond acceptors (Lipinski definition) is 5. The molecule has 3 rings (SSSR count). The molecule has 0 unspecified atom stereocenters. The number of thiophene rings is 1. The minimum absolute atomic E-state index is 0.0221. The first kappa shape index (κ1) is 19.1. The van der Waals surface area contributed by atoms with Crippen LogP contribution in [0.1, 0.15) is 28.3 Å². The molecule has 0 aliphatic carbocycles. The van der Waals surface area contributed by atoms with Gasteiger partial charge < -0.3 is 19.1 Å². The topological polar surface area (TPSA) is 39.9 Å². The minimum Gasteiger partial charge on any atom is -0.459 e. The van der Waals surface area contributed by atoms with Gasteiger partial charge in [-0.1, -0.05) is 6.07 Å². The van der Waals surface area contributed by atoms with Crippen molar-refractivity contribution in [3.63, 3.8) is 0 Å². The molecule has 1 fully saturated rings. The monoisotopic (exact) mass is 375 g/mol. The van der Waals surface area contributed by atoms with Gasteiger partial charge in [0.25, 0.3) is 5.91 Å². The molecule has 1 amide bonds. The zero-order valence-electron chi connectivity index (χ0n) is 15.8. The van der Waals surface area contributed by atoms with Gasteiger partial charge in [0.15, 0.2) is 5.76 Å². The van der Waals surface area contributed by atoms with E-state index in [0.29, 0.717) is 11.8 Å². The highest BCUT2D eigenvalue weighted by Gasteiger charge is 2.29. The maximum atomic E-state index is 12.9. The van der Waals surface area contributed by atoms with E-state index in [9.17, 15) is 4.79 Å². The van der Waals surface area contributed by atoms with E-state index in [-0.39, 0.29) is 5.91 Å². The Kier molecular flexibility index (Phi) is 6.88. The number of carbonyl (C=O) groups excluding carboxylic acids is 1. The van der Waals surface area contributed by atoms with Gasteiger partial charge in [-0.25, -0.2) is 0 Å². The lowest BCUT2D eigenvalue weighted by atomic mass is 10.0. The van der Waals surface area contributed by atoms with Gasteiger partial charge in [0, 0.05) is 43.6 Å². The lowest BCUT2D eigenvalue weighted by molar-refractivity contribution is 0.0526. The van der Waals surface area contributed by atoms with E-state index in [2.05, 4.69) is 27.3 Å². The molecule has 1 saturated heterocycles. The van der Waals surface area contributed by atoms with Crippen LogP contribution in [0, 0.1) is 0 Å². The summed E-state index contributed by atoms with van der Waals surface area (Å²) < 4.78 is 5.36. The van der Waals surface area contributed by atoms with Crippen LogP contribution in [0.15, 0.2) is 40.3 Å². The summed E-state index contributed by atoms with van der Waals surface area (Å²) in [7, 11) is 4.09. The Labute approximate surface area is 160 Å². The van der Waals surface area contributed by atoms with Crippen LogP contribution >= 0.6 is 11.3 Å². The summed E-state index contributed by atoms with van der Waals surface area (Å²) >= 11 is 1.83. The van der Waals surface area contributed by atoms with Crippen LogP contribution in [0.2, 0.25) is 0 Å². The minimum atomic E-state index is 0.0221. The van der Waals surface area contributed by atoms with Crippen molar-refractivity contribution in [1.29, 1.82) is 0 Å². The highest BCUT2D eigenvalue weighted by atomic mass is 32.1. The molecule has 6 heteroatoms. The molecule has 0 spiro atoms. The molecule has 0 bridgehead atoms. The van der Waals surface area contributed by atoms with Gasteiger partial charge in [0.2, 0.25) is 0 Å². The smallest absolute Gasteiger partial charge is 0.289 e. The number of likely N-dealkylation sites (N-methyl/N-ethyl adjacent to an activating group) is 1. The lowest BCUT2D eigenvalue weighted by Crippen LogP contribution is -2.49. The molecular weight excluding hydrogens is 346 g/mol. The van der Waals surface area contributed by atoms with E-state index >= 15 is 0 Å². The first-order chi connectivity index (χ1) is 12.6. The number of nitrogens with zero attached hydrogens (tertiary/aromatic N) is 3. The first-order valence-electron chi connectivity index (χ1n) is 9.37. The number of likely N-dealkylation sites (tertiary alicyclic amines) is 1. The SMILES string of the molecule is CN(C)CCN(C(=O)c1ccco1)C1CCN(CCc2cccs2)CC1. The van der Waals surface area contributed by atoms with Crippen LogP contribution in [-0.4, -0.2) is 73.5 Å². The largest absolute Gasteiger partial charge is 0.459 e. The number of carbonyl (C=O) groups is 1. The van der Waals surface area contributed by atoms with E-state index in [1.165, 1.54) is 4.88 Å². The van der Waals surface area contributed by atoms with E-state index in [1.54, 1.807) is 18.4 Å². The van der Waals surface area contributed by atoms with E-state index in [1.807, 2.05) is 30.3 Å². The quantitative estimate of drug-likeness (QED) is 0.711. The Morgan fingerprint density at radius 3 is 2.65 bits per heavy atom. The third kappa shape index (κ3) is 5.19. The standard InChI is InChI=1S/C20H29N3O2S/c1-21(2)13-14-23(20(24)19-6-3-15-25-19)17-7-10-22(11-8-17)12-9-18-5-4-16-26-18/h3-6,15-17H,7-14H2,1-2H3. The summed E-state index contributed by atoms with van der Waals surface area (Å²) in [6.45, 7) is 4.83. The number of piperidine rings is 1. The summed E-state index contributed by atoms with van der Waals surface area (Å²) in [5.41, 5.74) is 0. The van der Waals surface area contributed by atoms with Crippen LogP contribution in [0.25, 0.3) is 0 Å². The van der Waals surface area contributed by atoms with Crippen molar-refractivity contribution in [2.75, 3.05) is 46.8 Å². The molecule has 0 radical (unpaired) electrons. The number of amides is 1. The van der Waals surface area contributed by atoms with Crippen molar-refractivity contribution in [2.24, 2.45) is 0 Å². The molecule has 1 aliphatic heterocycles. The van der Waals surface area contributed by atoms with Gasteiger partial charge in [0.1, 0.15) is 0 Å². The Morgan fingerprint density at radius 2 is 2.04 bits per heavy atom. The Balaban J connectivity index is 1.54. The number of furan rings is 1. The average Bonchev–Trinajstić information content (AvgIpc) is 3.34. The van der Waals surface area contributed by atoms with Crippen LogP contribution in [0.3, 0.4) is 0 Å². The third-order valence-electron chi connectivity index (χ3n) is 5.03. The summed E-state index contributed by atoms with van der Waals surface area (Å²) in [5.74, 6) is 0.470. The van der Waals surface area contributed by atoms with Crippen LogP contribution < -0.4 is 0 Å².